The van der Waals surface area contributed by atoms with Crippen LogP contribution in [0.4, 0.5) is 8.78 Å². The second-order valence-corrected chi connectivity index (χ2v) is 2.74. The fourth-order valence-corrected chi connectivity index (χ4v) is 1.32. The van der Waals surface area contributed by atoms with Crippen molar-refractivity contribution in [2.45, 2.75) is 6.43 Å². The van der Waals surface area contributed by atoms with Crippen molar-refractivity contribution in [2.24, 2.45) is 0 Å². The fourth-order valence-electron chi connectivity index (χ4n) is 1.32. The topological polar surface area (TPSA) is 52.5 Å². The summed E-state index contributed by atoms with van der Waals surface area (Å²) in [5.74, 6) is 0. The largest absolute Gasteiger partial charge is 0.345 e. The lowest BCUT2D eigenvalue weighted by molar-refractivity contribution is 0.151. The van der Waals surface area contributed by atoms with E-state index in [4.69, 9.17) is 5.26 Å². The van der Waals surface area contributed by atoms with Crippen LogP contribution in [0, 0.1) is 11.3 Å². The fraction of sp³-hybridized carbons (Fsp3) is 0.111. The minimum atomic E-state index is -2.65. The highest BCUT2D eigenvalue weighted by Gasteiger charge is 2.16. The molecule has 0 saturated carbocycles. The summed E-state index contributed by atoms with van der Waals surface area (Å²) in [5.41, 5.74) is 0.558. The number of nitriles is 1. The number of alkyl halides is 2. The molecule has 0 amide bonds. The summed E-state index contributed by atoms with van der Waals surface area (Å²) in [6.07, 6.45) is -1.27. The highest BCUT2D eigenvalue weighted by atomic mass is 19.3. The number of nitrogens with zero attached hydrogens (tertiary/aromatic N) is 2. The third-order valence-electron chi connectivity index (χ3n) is 1.97. The van der Waals surface area contributed by atoms with E-state index in [1.54, 1.807) is 6.07 Å². The van der Waals surface area contributed by atoms with Gasteiger partial charge in [0.25, 0.3) is 6.43 Å². The molecular weight excluding hydrogens is 188 g/mol. The quantitative estimate of drug-likeness (QED) is 0.755. The van der Waals surface area contributed by atoms with E-state index in [1.165, 1.54) is 18.5 Å². The number of aromatic nitrogens is 2. The van der Waals surface area contributed by atoms with Crippen molar-refractivity contribution < 1.29 is 8.78 Å². The van der Waals surface area contributed by atoms with Crippen molar-refractivity contribution >= 4 is 11.0 Å². The standard InChI is InChI=1S/C9H5F2N3/c10-9(11)5-1-2-7-8(6(5)3-12)14-4-13-7/h1-2,4,9H,(H,13,14). The predicted molar refractivity (Wildman–Crippen MR) is 45.8 cm³/mol. The molecule has 0 saturated heterocycles. The number of imidazole rings is 1. The zero-order valence-electron chi connectivity index (χ0n) is 6.96. The maximum absolute atomic E-state index is 12.5. The van der Waals surface area contributed by atoms with Crippen LogP contribution in [0.5, 0.6) is 0 Å². The Morgan fingerprint density at radius 1 is 1.43 bits per heavy atom. The van der Waals surface area contributed by atoms with Crippen LogP contribution in [0.15, 0.2) is 18.5 Å². The third kappa shape index (κ3) is 1.12. The monoisotopic (exact) mass is 193 g/mol. The van der Waals surface area contributed by atoms with E-state index in [-0.39, 0.29) is 11.1 Å². The van der Waals surface area contributed by atoms with Crippen LogP contribution >= 0.6 is 0 Å². The van der Waals surface area contributed by atoms with Crippen molar-refractivity contribution in [3.63, 3.8) is 0 Å². The molecule has 0 atom stereocenters. The summed E-state index contributed by atoms with van der Waals surface area (Å²) in [6.45, 7) is 0. The number of aromatic amines is 1. The molecule has 2 rings (SSSR count). The Bertz CT molecular complexity index is 510. The molecule has 2 aromatic rings. The molecule has 1 N–H and O–H groups in total. The second-order valence-electron chi connectivity index (χ2n) is 2.74. The van der Waals surface area contributed by atoms with Crippen LogP contribution in [-0.2, 0) is 0 Å². The molecule has 1 aromatic carbocycles. The van der Waals surface area contributed by atoms with E-state index in [1.807, 2.05) is 0 Å². The molecule has 0 unspecified atom stereocenters. The van der Waals surface area contributed by atoms with Gasteiger partial charge in [0.1, 0.15) is 11.6 Å². The highest BCUT2D eigenvalue weighted by Crippen LogP contribution is 2.26. The third-order valence-corrected chi connectivity index (χ3v) is 1.97. The first kappa shape index (κ1) is 8.63. The molecule has 14 heavy (non-hydrogen) atoms. The number of hydrogen-bond acceptors (Lipinski definition) is 2. The normalized spacial score (nSPS) is 10.7. The molecular formula is C9H5F2N3. The van der Waals surface area contributed by atoms with E-state index in [0.29, 0.717) is 11.0 Å². The molecule has 70 valence electrons. The zero-order chi connectivity index (χ0) is 10.1. The Hall–Kier alpha value is -1.96. The number of halogens is 2. The van der Waals surface area contributed by atoms with Crippen LogP contribution in [-0.4, -0.2) is 9.97 Å². The first-order chi connectivity index (χ1) is 6.74. The van der Waals surface area contributed by atoms with E-state index in [0.717, 1.165) is 0 Å². The van der Waals surface area contributed by atoms with Crippen molar-refractivity contribution in [3.8, 4) is 6.07 Å². The maximum atomic E-state index is 12.5. The highest BCUT2D eigenvalue weighted by molar-refractivity contribution is 5.82. The van der Waals surface area contributed by atoms with E-state index >= 15 is 0 Å². The zero-order valence-corrected chi connectivity index (χ0v) is 6.96. The maximum Gasteiger partial charge on any atom is 0.265 e. The number of benzene rings is 1. The van der Waals surface area contributed by atoms with Gasteiger partial charge in [-0.3, -0.25) is 0 Å². The first-order valence-corrected chi connectivity index (χ1v) is 3.88. The molecule has 0 aliphatic heterocycles. The SMILES string of the molecule is N#Cc1c(C(F)F)ccc2[nH]cnc12. The number of fused-ring (bicyclic) bond motifs is 1. The average molecular weight is 193 g/mol. The van der Waals surface area contributed by atoms with Crippen LogP contribution in [0.3, 0.4) is 0 Å². The van der Waals surface area contributed by atoms with Crippen molar-refractivity contribution in [3.05, 3.63) is 29.6 Å². The second kappa shape index (κ2) is 3.07. The molecule has 0 bridgehead atoms. The molecule has 0 fully saturated rings. The van der Waals surface area contributed by atoms with Gasteiger partial charge in [-0.15, -0.1) is 0 Å². The van der Waals surface area contributed by atoms with Gasteiger partial charge in [-0.2, -0.15) is 5.26 Å². The van der Waals surface area contributed by atoms with Gasteiger partial charge >= 0.3 is 0 Å². The van der Waals surface area contributed by atoms with Gasteiger partial charge in [-0.25, -0.2) is 13.8 Å². The van der Waals surface area contributed by atoms with Gasteiger partial charge in [0, 0.05) is 5.56 Å². The molecule has 1 heterocycles. The van der Waals surface area contributed by atoms with Gasteiger partial charge < -0.3 is 4.98 Å². The summed E-state index contributed by atoms with van der Waals surface area (Å²) in [6, 6.07) is 4.47. The van der Waals surface area contributed by atoms with Gasteiger partial charge in [-0.05, 0) is 12.1 Å². The lowest BCUT2D eigenvalue weighted by Crippen LogP contribution is -1.91. The summed E-state index contributed by atoms with van der Waals surface area (Å²) < 4.78 is 24.9. The Labute approximate surface area is 78.0 Å². The Morgan fingerprint density at radius 2 is 2.21 bits per heavy atom. The predicted octanol–water partition coefficient (Wildman–Crippen LogP) is 2.37. The number of rotatable bonds is 1. The Kier molecular flexibility index (Phi) is 1.89. The van der Waals surface area contributed by atoms with Gasteiger partial charge in [0.2, 0.25) is 0 Å². The van der Waals surface area contributed by atoms with Crippen LogP contribution in [0.2, 0.25) is 0 Å². The van der Waals surface area contributed by atoms with Gasteiger partial charge in [-0.1, -0.05) is 0 Å². The van der Waals surface area contributed by atoms with E-state index in [2.05, 4.69) is 9.97 Å². The molecule has 0 spiro atoms. The van der Waals surface area contributed by atoms with Crippen molar-refractivity contribution in [1.29, 1.82) is 5.26 Å². The molecule has 3 nitrogen and oxygen atoms in total. The van der Waals surface area contributed by atoms with Crippen molar-refractivity contribution in [2.75, 3.05) is 0 Å². The summed E-state index contributed by atoms with van der Waals surface area (Å²) in [7, 11) is 0. The van der Waals surface area contributed by atoms with Crippen molar-refractivity contribution in [1.82, 2.24) is 9.97 Å². The first-order valence-electron chi connectivity index (χ1n) is 3.88. The number of H-pyrrole nitrogens is 1. The van der Waals surface area contributed by atoms with Crippen LogP contribution in [0.1, 0.15) is 17.6 Å². The van der Waals surface area contributed by atoms with Crippen LogP contribution in [0.25, 0.3) is 11.0 Å². The molecule has 0 aliphatic rings. The molecule has 1 aromatic heterocycles. The lowest BCUT2D eigenvalue weighted by Gasteiger charge is -2.01. The Morgan fingerprint density at radius 3 is 2.86 bits per heavy atom. The molecule has 0 radical (unpaired) electrons. The average Bonchev–Trinajstić information content (AvgIpc) is 2.63. The summed E-state index contributed by atoms with van der Waals surface area (Å²) in [4.78, 5) is 6.57. The lowest BCUT2D eigenvalue weighted by atomic mass is 10.1. The smallest absolute Gasteiger partial charge is 0.265 e. The van der Waals surface area contributed by atoms with Gasteiger partial charge in [0.15, 0.2) is 0 Å². The summed E-state index contributed by atoms with van der Waals surface area (Å²) in [5, 5.41) is 8.75. The van der Waals surface area contributed by atoms with Crippen LogP contribution < -0.4 is 0 Å². The number of nitrogens with one attached hydrogen (secondary N) is 1. The van der Waals surface area contributed by atoms with E-state index < -0.39 is 6.43 Å². The number of hydrogen-bond donors (Lipinski definition) is 1. The van der Waals surface area contributed by atoms with Gasteiger partial charge in [0.05, 0.1) is 17.4 Å². The molecule has 0 aliphatic carbocycles. The minimum absolute atomic E-state index is 0.0567. The summed E-state index contributed by atoms with van der Waals surface area (Å²) >= 11 is 0. The minimum Gasteiger partial charge on any atom is -0.345 e. The Balaban J connectivity index is 2.81. The van der Waals surface area contributed by atoms with E-state index in [9.17, 15) is 8.78 Å². The molecule has 5 heteroatoms.